The molecule has 3 fully saturated rings. The third-order valence-corrected chi connectivity index (χ3v) is 29.1. The number of nitrogen functional groups attached to an aromatic ring is 1. The number of aryl methyl sites for hydroxylation is 2. The number of benzene rings is 3. The number of methoxy groups -OCH3 is 2. The van der Waals surface area contributed by atoms with E-state index in [2.05, 4.69) is 94.1 Å². The van der Waals surface area contributed by atoms with Gasteiger partial charge < -0.3 is 90.8 Å². The molecule has 128 heavy (non-hydrogen) atoms. The Hall–Kier alpha value is -9.80. The number of aromatic amines is 2. The van der Waals surface area contributed by atoms with E-state index in [9.17, 15) is 73.5 Å². The molecule has 35 nitrogen and oxygen atoms in total. The highest BCUT2D eigenvalue weighted by Crippen LogP contribution is 2.68. The molecule has 6 aliphatic rings. The maximum atomic E-state index is 15.4. The Bertz CT molecular complexity index is 5140. The molecule has 4 amide bonds. The molecule has 15 atom stereocenters. The van der Waals surface area contributed by atoms with Gasteiger partial charge in [-0.1, -0.05) is 97.0 Å². The minimum atomic E-state index is -2.47. The van der Waals surface area contributed by atoms with Gasteiger partial charge in [0.25, 0.3) is 5.56 Å². The lowest BCUT2D eigenvalue weighted by Gasteiger charge is -2.63. The molecule has 3 unspecified atom stereocenters. The smallest absolute Gasteiger partial charge is 0.407 e. The van der Waals surface area contributed by atoms with Gasteiger partial charge in [-0.3, -0.25) is 62.7 Å². The second kappa shape index (κ2) is 42.8. The molecule has 6 aromatic rings. The third-order valence-electron chi connectivity index (χ3n) is 26.7. The van der Waals surface area contributed by atoms with E-state index in [4.69, 9.17) is 34.2 Å². The minimum absolute atomic E-state index is 0.0310. The number of ether oxygens (including phenoxy) is 6. The first kappa shape index (κ1) is 97.3. The highest BCUT2D eigenvalue weighted by atomic mass is 33.1. The highest BCUT2D eigenvalue weighted by molar-refractivity contribution is 8.76. The monoisotopic (exact) mass is 1810 g/mol. The van der Waals surface area contributed by atoms with Gasteiger partial charge in [0.1, 0.15) is 24.5 Å². The molecule has 2 saturated heterocycles. The van der Waals surface area contributed by atoms with E-state index >= 15 is 4.79 Å². The molecule has 694 valence electrons. The summed E-state index contributed by atoms with van der Waals surface area (Å²) in [5.74, 6) is -10.5. The number of aromatic nitrogens is 5. The van der Waals surface area contributed by atoms with Crippen LogP contribution in [0.25, 0.3) is 22.1 Å². The van der Waals surface area contributed by atoms with Crippen LogP contribution < -0.4 is 42.2 Å². The van der Waals surface area contributed by atoms with Crippen molar-refractivity contribution in [2.24, 2.45) is 29.1 Å². The summed E-state index contributed by atoms with van der Waals surface area (Å²) in [5, 5.41) is 70.8. The standard InChI is InChI=1S/C91H121N13O22S2/c1-9-88(119)46-56-45-87(5,76-62(24-29-103(50-56)52-88)61-14-11-12-15-65(61)99-76)64-43-63-67(44-71(64)122-8)102(6)83-90(63)27-30-104-28-13-26-89(10-2,82(90)104)84(117)91(83,120)72(108)49-95-86(118)126-38-39-127-128-51-59(81(115)116)42-68(105)54(4)96-78(111)53(3)40-70(107)66(48-93-73(109)25-31-123-34-35-125-37-36-124-33-32-121-7)98-74(110)23-21-58(80(113)114)41-69(106)57-19-16-55(17-20-57)18-22-60-47-94-77-75(97-60)79(112)101-85(92)100-77/h11-17,19-20,26,43-44,47,53-54,56,58-59,66,82-84,99,117,119-120H,9-10,18,21-25,27-42,45-46,48-52H2,1-8H3,(H,93,109)(H,95,118)(H,96,111)(H,98,110)(H,113,114)(H,115,116)(H3,92,94,100,101,112)/t53-,54+,56?,58-,59?,66+,82+,83-,84-,87-,88+,89-,90-,91+/m1/s1. The first-order valence-corrected chi connectivity index (χ1v) is 46.5. The molecule has 5 aliphatic heterocycles. The highest BCUT2D eigenvalue weighted by Gasteiger charge is 2.78. The van der Waals surface area contributed by atoms with Crippen LogP contribution in [0.15, 0.2) is 83.8 Å². The molecule has 0 radical (unpaired) electrons. The van der Waals surface area contributed by atoms with E-state index in [1.54, 1.807) is 38.5 Å². The Morgan fingerprint density at radius 1 is 0.766 bits per heavy atom. The number of amides is 4. The Morgan fingerprint density at radius 3 is 2.20 bits per heavy atom. The number of ketones is 4. The SMILES string of the molecule is CC[C@]1(O)CC2CN(CCc3c([nH]c4ccccc34)[C@@](C)(c3cc4c(cc3OC)N(C)[C@H]3[C@@](O)(C(=O)CNC(=O)OCCSSCC(CC(=O)[C@H](C)NC(=O)[C@H](C)CC(=O)[C@H](CNC(=O)CCOCCOCCOCCOC)NC(=O)CC[C@H](CC(=O)c5ccc(CCc6cnc7nc(N)[nH]c(=O)c7n6)cc5)C(=O)O)C(=O)O)[C@H](O)[C@]5(CC)C=CCN6CC[C@]43[C@@H]65)C2)C1. The van der Waals surface area contributed by atoms with Crippen LogP contribution in [0.4, 0.5) is 16.4 Å². The number of anilines is 2. The fraction of sp³-hybridized carbons (Fsp3) is 0.582. The van der Waals surface area contributed by atoms with Gasteiger partial charge in [0.05, 0.1) is 101 Å². The summed E-state index contributed by atoms with van der Waals surface area (Å²) in [6.07, 6.45) is 4.79. The summed E-state index contributed by atoms with van der Waals surface area (Å²) in [6.45, 7) is 12.9. The molecule has 1 saturated carbocycles. The van der Waals surface area contributed by atoms with Gasteiger partial charge in [0.15, 0.2) is 39.9 Å². The molecule has 37 heteroatoms. The zero-order chi connectivity index (χ0) is 92.0. The van der Waals surface area contributed by atoms with Crippen molar-refractivity contribution in [3.63, 3.8) is 0 Å². The number of nitrogens with two attached hydrogens (primary N) is 1. The first-order valence-electron chi connectivity index (χ1n) is 44.0. The second-order valence-corrected chi connectivity index (χ2v) is 37.6. The maximum Gasteiger partial charge on any atom is 0.407 e. The van der Waals surface area contributed by atoms with Gasteiger partial charge in [0.2, 0.25) is 23.7 Å². The summed E-state index contributed by atoms with van der Waals surface area (Å²) in [7, 11) is 7.32. The van der Waals surface area contributed by atoms with Gasteiger partial charge in [-0.15, -0.1) is 0 Å². The maximum absolute atomic E-state index is 15.4. The molecule has 13 N–H and O–H groups in total. The van der Waals surface area contributed by atoms with Gasteiger partial charge in [-0.2, -0.15) is 4.98 Å². The summed E-state index contributed by atoms with van der Waals surface area (Å²) in [6, 6.07) is 15.1. The third kappa shape index (κ3) is 21.6. The molecular formula is C91H121N13O22S2. The summed E-state index contributed by atoms with van der Waals surface area (Å²) in [5.41, 5.74) is 6.53. The lowest BCUT2D eigenvalue weighted by Crippen LogP contribution is -2.81. The average Bonchev–Trinajstić information content (AvgIpc) is 1.47. The Balaban J connectivity index is 0.622. The Labute approximate surface area is 750 Å². The number of nitrogens with one attached hydrogen (secondary N) is 6. The number of hydrogen-bond acceptors (Lipinski definition) is 29. The van der Waals surface area contributed by atoms with Crippen LogP contribution in [-0.4, -0.2) is 292 Å². The van der Waals surface area contributed by atoms with Gasteiger partial charge >= 0.3 is 18.0 Å². The minimum Gasteiger partial charge on any atom is -0.496 e. The predicted molar refractivity (Wildman–Crippen MR) is 478 cm³/mol. The number of para-hydroxylation sites is 1. The average molecular weight is 1810 g/mol. The van der Waals surface area contributed by atoms with E-state index in [1.165, 1.54) is 25.6 Å². The van der Waals surface area contributed by atoms with Gasteiger partial charge in [-0.05, 0) is 113 Å². The molecular weight excluding hydrogens is 1690 g/mol. The zero-order valence-corrected chi connectivity index (χ0v) is 75.5. The molecule has 3 aromatic carbocycles. The topological polar surface area (TPSA) is 498 Å². The summed E-state index contributed by atoms with van der Waals surface area (Å²) < 4.78 is 33.3. The van der Waals surface area contributed by atoms with Crippen LogP contribution in [-0.2, 0) is 92.1 Å². The van der Waals surface area contributed by atoms with E-state index in [0.717, 1.165) is 80.1 Å². The number of fused-ring (bicyclic) bond motifs is 7. The molecule has 8 heterocycles. The van der Waals surface area contributed by atoms with Crippen LogP contribution in [0.3, 0.4) is 0 Å². The van der Waals surface area contributed by atoms with Crippen molar-refractivity contribution in [1.82, 2.24) is 56.0 Å². The number of aliphatic carboxylic acids is 2. The van der Waals surface area contributed by atoms with Crippen molar-refractivity contribution in [3.05, 3.63) is 129 Å². The number of Topliss-reactive ketones (excluding diaryl/α,β-unsaturated/α-hetero) is 4. The molecule has 1 spiro atoms. The number of hydrogen-bond donors (Lipinski definition) is 12. The Morgan fingerprint density at radius 2 is 1.49 bits per heavy atom. The zero-order valence-electron chi connectivity index (χ0n) is 73.9. The predicted octanol–water partition coefficient (Wildman–Crippen LogP) is 5.37. The number of carbonyl (C=O) groups is 10. The van der Waals surface area contributed by atoms with Crippen molar-refractivity contribution < 1.29 is 102 Å². The Kier molecular flexibility index (Phi) is 32.6. The van der Waals surface area contributed by atoms with Crippen molar-refractivity contribution >= 4 is 114 Å². The fourth-order valence-corrected chi connectivity index (χ4v) is 22.3. The number of carbonyl (C=O) groups excluding carboxylic acids is 8. The number of carboxylic acid groups (broad SMARTS) is 2. The number of aliphatic hydroxyl groups excluding tert-OH is 1. The number of alkyl carbamates (subject to hydrolysis) is 1. The first-order chi connectivity index (χ1) is 61.2. The summed E-state index contributed by atoms with van der Waals surface area (Å²) in [4.78, 5) is 174. The number of piperidine rings is 1. The number of likely N-dealkylation sites (N-methyl/N-ethyl adjacent to an activating group) is 1. The van der Waals surface area contributed by atoms with Crippen molar-refractivity contribution in [3.8, 4) is 5.75 Å². The largest absolute Gasteiger partial charge is 0.496 e. The second-order valence-electron chi connectivity index (χ2n) is 35.0. The van der Waals surface area contributed by atoms with Crippen LogP contribution in [0, 0.1) is 29.1 Å². The van der Waals surface area contributed by atoms with Crippen LogP contribution in [0.2, 0.25) is 0 Å². The molecule has 3 aromatic heterocycles. The number of carboxylic acids is 2. The van der Waals surface area contributed by atoms with Gasteiger partial charge in [-0.25, -0.2) is 14.8 Å². The van der Waals surface area contributed by atoms with E-state index in [1.807, 2.05) is 43.2 Å². The molecule has 1 aliphatic carbocycles. The van der Waals surface area contributed by atoms with E-state index < -0.39 is 173 Å². The van der Waals surface area contributed by atoms with Crippen molar-refractivity contribution in [2.75, 3.05) is 142 Å². The number of H-pyrrole nitrogens is 2. The number of aliphatic hydroxyl groups is 3. The summed E-state index contributed by atoms with van der Waals surface area (Å²) >= 11 is 0. The quantitative estimate of drug-likeness (QED) is 0.00989. The molecule has 12 rings (SSSR count). The van der Waals surface area contributed by atoms with E-state index in [0.29, 0.717) is 102 Å². The van der Waals surface area contributed by atoms with Crippen molar-refractivity contribution in [1.29, 1.82) is 0 Å². The number of rotatable bonds is 47. The van der Waals surface area contributed by atoms with Crippen molar-refractivity contribution in [2.45, 2.75) is 177 Å². The van der Waals surface area contributed by atoms with Crippen LogP contribution in [0.5, 0.6) is 5.75 Å². The number of nitrogens with zero attached hydrogens (tertiary/aromatic N) is 6. The van der Waals surface area contributed by atoms with Gasteiger partial charge in [0, 0.05) is 158 Å². The van der Waals surface area contributed by atoms with E-state index in [-0.39, 0.29) is 85.4 Å². The fourth-order valence-electron chi connectivity index (χ4n) is 20.1. The van der Waals surface area contributed by atoms with Crippen LogP contribution >= 0.6 is 21.6 Å². The molecule has 2 bridgehead atoms. The normalized spacial score (nSPS) is 24.5. The van der Waals surface area contributed by atoms with Crippen LogP contribution in [0.1, 0.15) is 149 Å². The lowest BCUT2D eigenvalue weighted by molar-refractivity contribution is -0.201. The lowest BCUT2D eigenvalue weighted by atomic mass is 9.47.